The van der Waals surface area contributed by atoms with Crippen molar-refractivity contribution in [1.82, 2.24) is 9.88 Å². The van der Waals surface area contributed by atoms with Crippen molar-refractivity contribution in [2.45, 2.75) is 13.0 Å². The molecule has 0 unspecified atom stereocenters. The van der Waals surface area contributed by atoms with Crippen molar-refractivity contribution in [2.75, 3.05) is 41.6 Å². The molecule has 8 nitrogen and oxygen atoms in total. The summed E-state index contributed by atoms with van der Waals surface area (Å²) in [6, 6.07) is 14.9. The number of benzene rings is 2. The van der Waals surface area contributed by atoms with Crippen LogP contribution in [0, 0.1) is 0 Å². The zero-order valence-electron chi connectivity index (χ0n) is 19.8. The number of fused-ring (bicyclic) bond motifs is 1. The number of carbonyl (C=O) groups is 1. The minimum Gasteiger partial charge on any atom is -0.497 e. The van der Waals surface area contributed by atoms with E-state index in [0.29, 0.717) is 48.6 Å². The van der Waals surface area contributed by atoms with Crippen LogP contribution < -0.4 is 23.7 Å². The van der Waals surface area contributed by atoms with Crippen molar-refractivity contribution in [2.24, 2.45) is 0 Å². The standard InChI is InChI=1S/C26H28N2O6/c1-30-20-8-9-22(31-2)18(13-20)15-25(29)28-10-11-34-26-19(16-28)12-17(14-23(26)32-3)21-6-5-7-24(27-21)33-4/h5-9,12-14H,10-11,15-16H2,1-4H3. The largest absolute Gasteiger partial charge is 0.497 e. The van der Waals surface area contributed by atoms with Crippen LogP contribution in [0.3, 0.4) is 0 Å². The highest BCUT2D eigenvalue weighted by Gasteiger charge is 2.24. The van der Waals surface area contributed by atoms with Crippen LogP contribution in [0.15, 0.2) is 48.5 Å². The molecular formula is C26H28N2O6. The van der Waals surface area contributed by atoms with E-state index in [9.17, 15) is 4.79 Å². The molecule has 0 aliphatic carbocycles. The lowest BCUT2D eigenvalue weighted by molar-refractivity contribution is -0.131. The van der Waals surface area contributed by atoms with Gasteiger partial charge >= 0.3 is 0 Å². The summed E-state index contributed by atoms with van der Waals surface area (Å²) in [5, 5.41) is 0. The van der Waals surface area contributed by atoms with Gasteiger partial charge in [-0.15, -0.1) is 0 Å². The number of methoxy groups -OCH3 is 4. The first-order valence-electron chi connectivity index (χ1n) is 10.9. The summed E-state index contributed by atoms with van der Waals surface area (Å²) in [5.41, 5.74) is 3.21. The third-order valence-electron chi connectivity index (χ3n) is 5.73. The number of aromatic nitrogens is 1. The van der Waals surface area contributed by atoms with Crippen LogP contribution in [0.4, 0.5) is 0 Å². The predicted octanol–water partition coefficient (Wildman–Crippen LogP) is 3.75. The number of hydrogen-bond acceptors (Lipinski definition) is 7. The van der Waals surface area contributed by atoms with Gasteiger partial charge in [0.1, 0.15) is 18.1 Å². The van der Waals surface area contributed by atoms with Crippen LogP contribution in [0.5, 0.6) is 28.9 Å². The fraction of sp³-hybridized carbons (Fsp3) is 0.308. The lowest BCUT2D eigenvalue weighted by Gasteiger charge is -2.21. The maximum absolute atomic E-state index is 13.3. The number of nitrogens with zero attached hydrogens (tertiary/aromatic N) is 2. The Morgan fingerprint density at radius 3 is 2.53 bits per heavy atom. The SMILES string of the molecule is COc1ccc(OC)c(CC(=O)N2CCOc3c(cc(-c4cccc(OC)n4)cc3OC)C2)c1. The molecule has 0 spiro atoms. The molecule has 1 aliphatic heterocycles. The quantitative estimate of drug-likeness (QED) is 0.527. The molecule has 0 saturated carbocycles. The highest BCUT2D eigenvalue weighted by Crippen LogP contribution is 2.38. The molecule has 178 valence electrons. The molecule has 34 heavy (non-hydrogen) atoms. The molecule has 2 aromatic carbocycles. The third-order valence-corrected chi connectivity index (χ3v) is 5.73. The average molecular weight is 465 g/mol. The summed E-state index contributed by atoms with van der Waals surface area (Å²) in [6.07, 6.45) is 0.184. The molecule has 1 amide bonds. The Bertz CT molecular complexity index is 1180. The molecule has 8 heteroatoms. The van der Waals surface area contributed by atoms with E-state index in [4.69, 9.17) is 23.7 Å². The van der Waals surface area contributed by atoms with Crippen molar-refractivity contribution >= 4 is 5.91 Å². The molecule has 1 aliphatic rings. The van der Waals surface area contributed by atoms with Gasteiger partial charge in [-0.05, 0) is 36.4 Å². The molecule has 0 atom stereocenters. The summed E-state index contributed by atoms with van der Waals surface area (Å²) >= 11 is 0. The van der Waals surface area contributed by atoms with Crippen LogP contribution in [0.2, 0.25) is 0 Å². The van der Waals surface area contributed by atoms with E-state index in [-0.39, 0.29) is 12.3 Å². The van der Waals surface area contributed by atoms with Gasteiger partial charge in [0.25, 0.3) is 0 Å². The van der Waals surface area contributed by atoms with Crippen molar-refractivity contribution in [1.29, 1.82) is 0 Å². The zero-order chi connectivity index (χ0) is 24.1. The van der Waals surface area contributed by atoms with E-state index in [0.717, 1.165) is 22.4 Å². The van der Waals surface area contributed by atoms with Crippen LogP contribution in [-0.2, 0) is 17.8 Å². The van der Waals surface area contributed by atoms with Crippen molar-refractivity contribution in [3.63, 3.8) is 0 Å². The van der Waals surface area contributed by atoms with Gasteiger partial charge < -0.3 is 28.6 Å². The Balaban J connectivity index is 1.64. The van der Waals surface area contributed by atoms with Crippen molar-refractivity contribution < 1.29 is 28.5 Å². The van der Waals surface area contributed by atoms with Gasteiger partial charge in [-0.1, -0.05) is 6.07 Å². The maximum Gasteiger partial charge on any atom is 0.227 e. The number of ether oxygens (including phenoxy) is 5. The van der Waals surface area contributed by atoms with E-state index in [2.05, 4.69) is 4.98 Å². The molecule has 0 radical (unpaired) electrons. The zero-order valence-corrected chi connectivity index (χ0v) is 19.8. The minimum absolute atomic E-state index is 0.0353. The summed E-state index contributed by atoms with van der Waals surface area (Å²) in [4.78, 5) is 19.6. The molecule has 0 fully saturated rings. The first kappa shape index (κ1) is 23.2. The molecular weight excluding hydrogens is 436 g/mol. The molecule has 0 saturated heterocycles. The number of hydrogen-bond donors (Lipinski definition) is 0. The van der Waals surface area contributed by atoms with Gasteiger partial charge in [-0.2, -0.15) is 0 Å². The van der Waals surface area contributed by atoms with Crippen LogP contribution in [0.25, 0.3) is 11.3 Å². The Labute approximate surface area is 199 Å². The Morgan fingerprint density at radius 1 is 0.971 bits per heavy atom. The monoisotopic (exact) mass is 464 g/mol. The highest BCUT2D eigenvalue weighted by molar-refractivity contribution is 5.80. The molecule has 1 aromatic heterocycles. The maximum atomic E-state index is 13.3. The van der Waals surface area contributed by atoms with Crippen molar-refractivity contribution in [3.8, 4) is 40.1 Å². The Morgan fingerprint density at radius 2 is 1.79 bits per heavy atom. The second kappa shape index (κ2) is 10.3. The highest BCUT2D eigenvalue weighted by atomic mass is 16.5. The molecule has 2 heterocycles. The van der Waals surface area contributed by atoms with Gasteiger partial charge in [0, 0.05) is 29.3 Å². The van der Waals surface area contributed by atoms with Gasteiger partial charge in [0.2, 0.25) is 11.8 Å². The van der Waals surface area contributed by atoms with Crippen LogP contribution in [0.1, 0.15) is 11.1 Å². The molecule has 4 rings (SSSR count). The van der Waals surface area contributed by atoms with Crippen LogP contribution >= 0.6 is 0 Å². The molecule has 3 aromatic rings. The van der Waals surface area contributed by atoms with Crippen molar-refractivity contribution in [3.05, 3.63) is 59.7 Å². The number of pyridine rings is 1. The summed E-state index contributed by atoms with van der Waals surface area (Å²) < 4.78 is 27.7. The summed E-state index contributed by atoms with van der Waals surface area (Å²) in [7, 11) is 6.37. The van der Waals surface area contributed by atoms with Crippen LogP contribution in [-0.4, -0.2) is 57.4 Å². The number of carbonyl (C=O) groups excluding carboxylic acids is 1. The smallest absolute Gasteiger partial charge is 0.227 e. The Hall–Kier alpha value is -3.94. The van der Waals surface area contributed by atoms with E-state index >= 15 is 0 Å². The van der Waals surface area contributed by atoms with E-state index < -0.39 is 0 Å². The lowest BCUT2D eigenvalue weighted by Crippen LogP contribution is -2.33. The Kier molecular flexibility index (Phi) is 7.06. The topological polar surface area (TPSA) is 79.4 Å². The number of rotatable bonds is 7. The van der Waals surface area contributed by atoms with Gasteiger partial charge in [-0.25, -0.2) is 4.98 Å². The van der Waals surface area contributed by atoms with E-state index in [1.54, 1.807) is 45.5 Å². The normalized spacial score (nSPS) is 12.8. The lowest BCUT2D eigenvalue weighted by atomic mass is 10.0. The summed E-state index contributed by atoms with van der Waals surface area (Å²) in [5.74, 6) is 3.05. The van der Waals surface area contributed by atoms with Gasteiger partial charge in [-0.3, -0.25) is 4.79 Å². The summed E-state index contributed by atoms with van der Waals surface area (Å²) in [6.45, 7) is 1.20. The fourth-order valence-electron chi connectivity index (χ4n) is 3.98. The second-order valence-electron chi connectivity index (χ2n) is 7.75. The van der Waals surface area contributed by atoms with E-state index in [1.807, 2.05) is 36.4 Å². The minimum atomic E-state index is -0.0353. The fourth-order valence-corrected chi connectivity index (χ4v) is 3.98. The van der Waals surface area contributed by atoms with Gasteiger partial charge in [0.05, 0.1) is 47.1 Å². The first-order chi connectivity index (χ1) is 16.6. The second-order valence-corrected chi connectivity index (χ2v) is 7.75. The first-order valence-corrected chi connectivity index (χ1v) is 10.9. The number of amides is 1. The predicted molar refractivity (Wildman–Crippen MR) is 127 cm³/mol. The molecule has 0 bridgehead atoms. The average Bonchev–Trinajstić information content (AvgIpc) is 3.10. The molecule has 0 N–H and O–H groups in total. The third kappa shape index (κ3) is 4.85. The van der Waals surface area contributed by atoms with Gasteiger partial charge in [0.15, 0.2) is 11.5 Å². The van der Waals surface area contributed by atoms with E-state index in [1.165, 1.54) is 0 Å².